The maximum Gasteiger partial charge on any atom is 0.206 e. The normalized spacial score (nSPS) is 11.7. The van der Waals surface area contributed by atoms with Crippen LogP contribution >= 0.6 is 0 Å². The monoisotopic (exact) mass is 560 g/mol. The van der Waals surface area contributed by atoms with Crippen LogP contribution in [0.15, 0.2) is 94.7 Å². The summed E-state index contributed by atoms with van der Waals surface area (Å²) in [6.07, 6.45) is 2.46. The molecule has 0 spiro atoms. The average molecular weight is 561 g/mol. The average Bonchev–Trinajstić information content (AvgIpc) is 2.98. The van der Waals surface area contributed by atoms with Crippen LogP contribution in [0, 0.1) is 0 Å². The molecule has 0 bridgehead atoms. The van der Waals surface area contributed by atoms with Crippen molar-refractivity contribution in [2.45, 2.75) is 55.2 Å². The van der Waals surface area contributed by atoms with Crippen LogP contribution < -0.4 is 14.2 Å². The lowest BCUT2D eigenvalue weighted by Crippen LogP contribution is -2.19. The SMILES string of the molecule is CCC(C)(CC)c1ccc(S(=O)(=O)c2ccc(Oc3c(Cc4ccc(O)c(OC)c4)cccc3OC)cc2)cc1. The van der Waals surface area contributed by atoms with Gasteiger partial charge in [-0.2, -0.15) is 0 Å². The Hall–Kier alpha value is -3.97. The number of rotatable bonds is 11. The highest BCUT2D eigenvalue weighted by molar-refractivity contribution is 7.91. The first-order valence-electron chi connectivity index (χ1n) is 13.3. The largest absolute Gasteiger partial charge is 0.504 e. The summed E-state index contributed by atoms with van der Waals surface area (Å²) >= 11 is 0. The first kappa shape index (κ1) is 29.0. The molecule has 0 aliphatic rings. The first-order valence-corrected chi connectivity index (χ1v) is 14.8. The third-order valence-corrected chi connectivity index (χ3v) is 9.48. The number of hydrogen-bond donors (Lipinski definition) is 1. The van der Waals surface area contributed by atoms with Crippen molar-refractivity contribution < 1.29 is 27.7 Å². The lowest BCUT2D eigenvalue weighted by atomic mass is 9.78. The number of phenolic OH excluding ortho intramolecular Hbond substituents is 1. The maximum absolute atomic E-state index is 13.3. The number of benzene rings is 4. The van der Waals surface area contributed by atoms with Crippen molar-refractivity contribution in [2.24, 2.45) is 0 Å². The van der Waals surface area contributed by atoms with Crippen molar-refractivity contribution >= 4 is 9.84 Å². The summed E-state index contributed by atoms with van der Waals surface area (Å²) in [5.41, 5.74) is 2.93. The molecule has 6 nitrogen and oxygen atoms in total. The van der Waals surface area contributed by atoms with E-state index in [9.17, 15) is 13.5 Å². The molecular weight excluding hydrogens is 524 g/mol. The molecule has 0 aliphatic carbocycles. The Morgan fingerprint density at radius 2 is 1.38 bits per heavy atom. The number of ether oxygens (including phenoxy) is 3. The van der Waals surface area contributed by atoms with Crippen LogP contribution in [0.4, 0.5) is 0 Å². The van der Waals surface area contributed by atoms with Gasteiger partial charge < -0.3 is 19.3 Å². The zero-order chi connectivity index (χ0) is 28.9. The summed E-state index contributed by atoms with van der Waals surface area (Å²) in [5.74, 6) is 2.01. The zero-order valence-corrected chi connectivity index (χ0v) is 24.4. The summed E-state index contributed by atoms with van der Waals surface area (Å²) in [4.78, 5) is 0.452. The summed E-state index contributed by atoms with van der Waals surface area (Å²) in [7, 11) is -0.613. The van der Waals surface area contributed by atoms with Crippen LogP contribution in [0.2, 0.25) is 0 Å². The van der Waals surface area contributed by atoms with E-state index >= 15 is 0 Å². The van der Waals surface area contributed by atoms with Gasteiger partial charge in [0, 0.05) is 12.0 Å². The Morgan fingerprint density at radius 3 is 1.95 bits per heavy atom. The molecule has 7 heteroatoms. The molecule has 4 aromatic carbocycles. The van der Waals surface area contributed by atoms with Crippen molar-refractivity contribution in [3.8, 4) is 28.7 Å². The standard InChI is InChI=1S/C33H36O6S/c1-6-33(3,7-2)25-12-16-27(17-13-25)40(35,36)28-18-14-26(15-19-28)39-32-24(9-8-10-30(32)37-4)21-23-11-20-29(34)31(22-23)38-5/h8-20,22,34H,6-7,21H2,1-5H3. The Kier molecular flexibility index (Phi) is 8.74. The second kappa shape index (κ2) is 12.0. The minimum Gasteiger partial charge on any atom is -0.504 e. The third kappa shape index (κ3) is 5.94. The van der Waals surface area contributed by atoms with Gasteiger partial charge in [-0.1, -0.05) is 51.1 Å². The van der Waals surface area contributed by atoms with Gasteiger partial charge in [-0.3, -0.25) is 0 Å². The van der Waals surface area contributed by atoms with Crippen LogP contribution in [0.25, 0.3) is 0 Å². The second-order valence-electron chi connectivity index (χ2n) is 10.0. The molecule has 4 aromatic rings. The van der Waals surface area contributed by atoms with E-state index in [4.69, 9.17) is 14.2 Å². The Morgan fingerprint density at radius 1 is 0.775 bits per heavy atom. The summed E-state index contributed by atoms with van der Waals surface area (Å²) in [6.45, 7) is 6.50. The quantitative estimate of drug-likeness (QED) is 0.202. The van der Waals surface area contributed by atoms with Gasteiger partial charge in [0.05, 0.1) is 24.0 Å². The van der Waals surface area contributed by atoms with Gasteiger partial charge >= 0.3 is 0 Å². The molecule has 0 saturated heterocycles. The second-order valence-corrected chi connectivity index (χ2v) is 12.0. The van der Waals surface area contributed by atoms with E-state index in [0.717, 1.165) is 29.5 Å². The number of aromatic hydroxyl groups is 1. The Balaban J connectivity index is 1.59. The number of para-hydroxylation sites is 1. The summed E-state index contributed by atoms with van der Waals surface area (Å²) in [6, 6.07) is 24.4. The van der Waals surface area contributed by atoms with Crippen LogP contribution in [0.3, 0.4) is 0 Å². The van der Waals surface area contributed by atoms with Crippen LogP contribution in [0.5, 0.6) is 28.7 Å². The first-order chi connectivity index (χ1) is 19.1. The smallest absolute Gasteiger partial charge is 0.206 e. The minimum absolute atomic E-state index is 0.0208. The van der Waals surface area contributed by atoms with Crippen molar-refractivity contribution in [2.75, 3.05) is 14.2 Å². The molecule has 0 radical (unpaired) electrons. The molecule has 0 aromatic heterocycles. The fraction of sp³-hybridized carbons (Fsp3) is 0.273. The van der Waals surface area contributed by atoms with Gasteiger partial charge in [-0.15, -0.1) is 0 Å². The Bertz CT molecular complexity index is 1550. The molecular formula is C33H36O6S. The lowest BCUT2D eigenvalue weighted by molar-refractivity contribution is 0.372. The zero-order valence-electron chi connectivity index (χ0n) is 23.6. The maximum atomic E-state index is 13.3. The highest BCUT2D eigenvalue weighted by Gasteiger charge is 2.24. The van der Waals surface area contributed by atoms with E-state index in [1.54, 1.807) is 61.7 Å². The number of hydrogen-bond acceptors (Lipinski definition) is 6. The van der Waals surface area contributed by atoms with Gasteiger partial charge in [-0.05, 0) is 84.0 Å². The molecule has 0 saturated carbocycles. The molecule has 0 fully saturated rings. The highest BCUT2D eigenvalue weighted by atomic mass is 32.2. The minimum atomic E-state index is -3.69. The molecule has 4 rings (SSSR count). The van der Waals surface area contributed by atoms with Gasteiger partial charge in [0.15, 0.2) is 23.0 Å². The number of methoxy groups -OCH3 is 2. The molecule has 1 N–H and O–H groups in total. The van der Waals surface area contributed by atoms with Crippen LogP contribution in [-0.4, -0.2) is 27.7 Å². The van der Waals surface area contributed by atoms with Crippen molar-refractivity contribution in [3.05, 3.63) is 102 Å². The predicted octanol–water partition coefficient (Wildman–Crippen LogP) is 7.70. The third-order valence-electron chi connectivity index (χ3n) is 7.70. The molecule has 40 heavy (non-hydrogen) atoms. The molecule has 210 valence electrons. The van der Waals surface area contributed by atoms with Gasteiger partial charge in [-0.25, -0.2) is 8.42 Å². The van der Waals surface area contributed by atoms with Crippen molar-refractivity contribution in [1.29, 1.82) is 0 Å². The molecule has 0 heterocycles. The summed E-state index contributed by atoms with van der Waals surface area (Å²) < 4.78 is 43.7. The molecule has 0 amide bonds. The number of phenols is 1. The number of sulfone groups is 1. The van der Waals surface area contributed by atoms with Gasteiger partial charge in [0.1, 0.15) is 5.75 Å². The fourth-order valence-corrected chi connectivity index (χ4v) is 5.93. The fourth-order valence-electron chi connectivity index (χ4n) is 4.66. The molecule has 0 unspecified atom stereocenters. The predicted molar refractivity (Wildman–Crippen MR) is 157 cm³/mol. The van der Waals surface area contributed by atoms with Crippen LogP contribution in [-0.2, 0) is 21.7 Å². The molecule has 0 aliphatic heterocycles. The van der Waals surface area contributed by atoms with E-state index in [1.807, 2.05) is 30.3 Å². The van der Waals surface area contributed by atoms with E-state index in [1.165, 1.54) is 7.11 Å². The van der Waals surface area contributed by atoms with Gasteiger partial charge in [0.2, 0.25) is 9.84 Å². The lowest BCUT2D eigenvalue weighted by Gasteiger charge is -2.27. The topological polar surface area (TPSA) is 82.1 Å². The van der Waals surface area contributed by atoms with Crippen LogP contribution in [0.1, 0.15) is 50.3 Å². The van der Waals surface area contributed by atoms with Crippen molar-refractivity contribution in [1.82, 2.24) is 0 Å². The molecule has 0 atom stereocenters. The van der Waals surface area contributed by atoms with E-state index < -0.39 is 9.84 Å². The van der Waals surface area contributed by atoms with Crippen molar-refractivity contribution in [3.63, 3.8) is 0 Å². The highest BCUT2D eigenvalue weighted by Crippen LogP contribution is 2.38. The van der Waals surface area contributed by atoms with E-state index in [0.29, 0.717) is 29.4 Å². The van der Waals surface area contributed by atoms with E-state index in [2.05, 4.69) is 20.8 Å². The summed E-state index contributed by atoms with van der Waals surface area (Å²) in [5, 5.41) is 9.94. The van der Waals surface area contributed by atoms with E-state index in [-0.39, 0.29) is 21.0 Å². The Labute approximate surface area is 237 Å². The van der Waals surface area contributed by atoms with Gasteiger partial charge in [0.25, 0.3) is 0 Å².